The Morgan fingerprint density at radius 2 is 1.78 bits per heavy atom. The van der Waals surface area contributed by atoms with Gasteiger partial charge in [-0.3, -0.25) is 9.52 Å². The molecule has 0 saturated carbocycles. The van der Waals surface area contributed by atoms with Crippen LogP contribution >= 0.6 is 11.6 Å². The van der Waals surface area contributed by atoms with Crippen molar-refractivity contribution in [3.05, 3.63) is 78.3 Å². The fourth-order valence-electron chi connectivity index (χ4n) is 4.41. The summed E-state index contributed by atoms with van der Waals surface area (Å²) < 4.78 is 29.7. The second-order valence-electron chi connectivity index (χ2n) is 8.61. The second-order valence-corrected chi connectivity index (χ2v) is 10.7. The van der Waals surface area contributed by atoms with E-state index in [0.717, 1.165) is 16.6 Å². The third-order valence-corrected chi connectivity index (χ3v) is 7.99. The molecule has 1 saturated heterocycles. The normalized spacial score (nSPS) is 15.2. The van der Waals surface area contributed by atoms with E-state index in [2.05, 4.69) is 19.6 Å². The number of piperazine rings is 1. The highest BCUT2D eigenvalue weighted by atomic mass is 35.5. The molecule has 1 amide bonds. The van der Waals surface area contributed by atoms with Gasteiger partial charge in [-0.05, 0) is 60.8 Å². The van der Waals surface area contributed by atoms with Crippen LogP contribution in [0.15, 0.2) is 78.2 Å². The van der Waals surface area contributed by atoms with Crippen LogP contribution in [0.2, 0.25) is 5.02 Å². The van der Waals surface area contributed by atoms with E-state index in [9.17, 15) is 13.2 Å². The number of hydrogen-bond donors (Lipinski definition) is 1. The number of anilines is 2. The molecule has 4 aromatic rings. The summed E-state index contributed by atoms with van der Waals surface area (Å²) in [5.41, 5.74) is 1.84. The van der Waals surface area contributed by atoms with Crippen molar-refractivity contribution < 1.29 is 13.2 Å². The van der Waals surface area contributed by atoms with E-state index in [1.165, 1.54) is 18.6 Å². The van der Waals surface area contributed by atoms with Gasteiger partial charge in [0.2, 0.25) is 5.91 Å². The summed E-state index contributed by atoms with van der Waals surface area (Å²) in [7, 11) is -3.75. The Morgan fingerprint density at radius 3 is 2.47 bits per heavy atom. The van der Waals surface area contributed by atoms with Gasteiger partial charge in [-0.15, -0.1) is 0 Å². The molecule has 186 valence electrons. The Labute approximate surface area is 214 Å². The van der Waals surface area contributed by atoms with Crippen LogP contribution in [0.4, 0.5) is 11.5 Å². The molecule has 36 heavy (non-hydrogen) atoms. The number of sulfonamides is 1. The lowest BCUT2D eigenvalue weighted by Gasteiger charge is -2.37. The summed E-state index contributed by atoms with van der Waals surface area (Å²) in [5, 5.41) is 1.68. The SMILES string of the molecule is C[C@@H](C(=O)N1CCN(c2ccc(S(=O)(=O)Nc3ccncn3)cc2)CC1)n1ccc2ccc(Cl)cc21. The molecular weight excluding hydrogens is 500 g/mol. The van der Waals surface area contributed by atoms with Gasteiger partial charge in [-0.1, -0.05) is 17.7 Å². The van der Waals surface area contributed by atoms with Gasteiger partial charge >= 0.3 is 0 Å². The number of carbonyl (C=O) groups is 1. The topological polar surface area (TPSA) is 100 Å². The van der Waals surface area contributed by atoms with E-state index in [1.807, 2.05) is 46.9 Å². The number of nitrogens with zero attached hydrogens (tertiary/aromatic N) is 5. The molecule has 0 spiro atoms. The van der Waals surface area contributed by atoms with Gasteiger partial charge < -0.3 is 14.4 Å². The fourth-order valence-corrected chi connectivity index (χ4v) is 5.59. The maximum Gasteiger partial charge on any atom is 0.263 e. The lowest BCUT2D eigenvalue weighted by atomic mass is 10.2. The van der Waals surface area contributed by atoms with E-state index >= 15 is 0 Å². The molecule has 1 aliphatic heterocycles. The average Bonchev–Trinajstić information content (AvgIpc) is 3.31. The summed E-state index contributed by atoms with van der Waals surface area (Å²) in [6.45, 7) is 4.38. The standard InChI is InChI=1S/C25H25ClN6O3S/c1-18(32-11-9-19-2-3-20(26)16-23(19)32)25(33)31-14-12-30(13-15-31)21-4-6-22(7-5-21)36(34,35)29-24-8-10-27-17-28-24/h2-11,16-18H,12-15H2,1H3,(H,27,28,29)/t18-/m0/s1. The smallest absolute Gasteiger partial charge is 0.263 e. The van der Waals surface area contributed by atoms with Gasteiger partial charge in [0.05, 0.1) is 10.4 Å². The quantitative estimate of drug-likeness (QED) is 0.412. The van der Waals surface area contributed by atoms with Crippen LogP contribution in [-0.2, 0) is 14.8 Å². The summed E-state index contributed by atoms with van der Waals surface area (Å²) in [6.07, 6.45) is 4.67. The van der Waals surface area contributed by atoms with Crippen LogP contribution in [-0.4, -0.2) is 59.9 Å². The molecule has 3 heterocycles. The minimum absolute atomic E-state index is 0.0596. The molecule has 9 nitrogen and oxygen atoms in total. The van der Waals surface area contributed by atoms with Gasteiger partial charge in [-0.25, -0.2) is 18.4 Å². The Kier molecular flexibility index (Phi) is 6.55. The predicted molar refractivity (Wildman–Crippen MR) is 140 cm³/mol. The fraction of sp³-hybridized carbons (Fsp3) is 0.240. The van der Waals surface area contributed by atoms with Crippen molar-refractivity contribution in [2.45, 2.75) is 17.9 Å². The number of fused-ring (bicyclic) bond motifs is 1. The predicted octanol–water partition coefficient (Wildman–Crippen LogP) is 3.80. The van der Waals surface area contributed by atoms with Crippen molar-refractivity contribution in [2.75, 3.05) is 35.8 Å². The second kappa shape index (κ2) is 9.79. The molecule has 1 atom stereocenters. The van der Waals surface area contributed by atoms with Crippen LogP contribution in [0.25, 0.3) is 10.9 Å². The molecule has 11 heteroatoms. The zero-order valence-corrected chi connectivity index (χ0v) is 21.2. The Hall–Kier alpha value is -3.63. The molecule has 2 aromatic carbocycles. The van der Waals surface area contributed by atoms with E-state index in [0.29, 0.717) is 31.2 Å². The Balaban J connectivity index is 1.22. The van der Waals surface area contributed by atoms with Crippen LogP contribution in [0.5, 0.6) is 0 Å². The van der Waals surface area contributed by atoms with E-state index in [4.69, 9.17) is 11.6 Å². The molecule has 2 aromatic heterocycles. The Morgan fingerprint density at radius 1 is 1.03 bits per heavy atom. The minimum Gasteiger partial charge on any atom is -0.368 e. The highest BCUT2D eigenvalue weighted by molar-refractivity contribution is 7.92. The van der Waals surface area contributed by atoms with Gasteiger partial charge in [0, 0.05) is 49.3 Å². The summed E-state index contributed by atoms with van der Waals surface area (Å²) >= 11 is 6.17. The first-order valence-corrected chi connectivity index (χ1v) is 13.4. The third-order valence-electron chi connectivity index (χ3n) is 6.38. The molecule has 1 N–H and O–H groups in total. The molecule has 0 aliphatic carbocycles. The minimum atomic E-state index is -3.75. The highest BCUT2D eigenvalue weighted by Crippen LogP contribution is 2.26. The number of aromatic nitrogens is 3. The molecular formula is C25H25ClN6O3S. The number of benzene rings is 2. The molecule has 1 aliphatic rings. The zero-order valence-electron chi connectivity index (χ0n) is 19.6. The number of rotatable bonds is 6. The molecule has 1 fully saturated rings. The van der Waals surface area contributed by atoms with E-state index in [-0.39, 0.29) is 22.7 Å². The summed E-state index contributed by atoms with van der Waals surface area (Å²) in [4.78, 5) is 25.1. The largest absolute Gasteiger partial charge is 0.368 e. The van der Waals surface area contributed by atoms with Gasteiger partial charge in [0.1, 0.15) is 18.2 Å². The zero-order chi connectivity index (χ0) is 25.3. The summed E-state index contributed by atoms with van der Waals surface area (Å²) in [5.74, 6) is 0.268. The van der Waals surface area contributed by atoms with Crippen molar-refractivity contribution in [1.29, 1.82) is 0 Å². The van der Waals surface area contributed by atoms with Crippen molar-refractivity contribution in [3.63, 3.8) is 0 Å². The molecule has 0 radical (unpaired) electrons. The first-order valence-electron chi connectivity index (χ1n) is 11.5. The highest BCUT2D eigenvalue weighted by Gasteiger charge is 2.27. The number of carbonyl (C=O) groups excluding carboxylic acids is 1. The lowest BCUT2D eigenvalue weighted by molar-refractivity contribution is -0.134. The lowest BCUT2D eigenvalue weighted by Crippen LogP contribution is -2.50. The van der Waals surface area contributed by atoms with Crippen LogP contribution in [0.1, 0.15) is 13.0 Å². The number of hydrogen-bond acceptors (Lipinski definition) is 6. The van der Waals surface area contributed by atoms with Crippen LogP contribution in [0.3, 0.4) is 0 Å². The van der Waals surface area contributed by atoms with Gasteiger partial charge in [0.15, 0.2) is 0 Å². The average molecular weight is 525 g/mol. The maximum atomic E-state index is 13.2. The van der Waals surface area contributed by atoms with Gasteiger partial charge in [-0.2, -0.15) is 0 Å². The van der Waals surface area contributed by atoms with Crippen LogP contribution in [0, 0.1) is 0 Å². The number of halogens is 1. The molecule has 0 unspecified atom stereocenters. The first kappa shape index (κ1) is 24.1. The monoisotopic (exact) mass is 524 g/mol. The third kappa shape index (κ3) is 4.87. The van der Waals surface area contributed by atoms with Crippen LogP contribution < -0.4 is 9.62 Å². The first-order chi connectivity index (χ1) is 17.3. The maximum absolute atomic E-state index is 13.2. The number of amides is 1. The van der Waals surface area contributed by atoms with E-state index < -0.39 is 10.0 Å². The number of nitrogens with one attached hydrogen (secondary N) is 1. The van der Waals surface area contributed by atoms with Crippen molar-refractivity contribution in [2.24, 2.45) is 0 Å². The van der Waals surface area contributed by atoms with Crippen molar-refractivity contribution in [1.82, 2.24) is 19.4 Å². The Bertz CT molecular complexity index is 1480. The van der Waals surface area contributed by atoms with Crippen molar-refractivity contribution >= 4 is 49.9 Å². The van der Waals surface area contributed by atoms with E-state index in [1.54, 1.807) is 24.3 Å². The molecule has 0 bridgehead atoms. The summed E-state index contributed by atoms with van der Waals surface area (Å²) in [6, 6.07) is 15.5. The molecule has 5 rings (SSSR count). The van der Waals surface area contributed by atoms with Crippen molar-refractivity contribution in [3.8, 4) is 0 Å². The van der Waals surface area contributed by atoms with Gasteiger partial charge in [0.25, 0.3) is 10.0 Å².